The Hall–Kier alpha value is -3.01. The summed E-state index contributed by atoms with van der Waals surface area (Å²) in [6.07, 6.45) is 2.97. The van der Waals surface area contributed by atoms with Crippen LogP contribution in [0.5, 0.6) is 5.88 Å². The zero-order chi connectivity index (χ0) is 21.3. The van der Waals surface area contributed by atoms with Crippen molar-refractivity contribution in [2.75, 3.05) is 18.5 Å². The van der Waals surface area contributed by atoms with E-state index in [4.69, 9.17) is 4.74 Å². The molecule has 1 fully saturated rings. The van der Waals surface area contributed by atoms with E-state index in [1.54, 1.807) is 29.4 Å². The van der Waals surface area contributed by atoms with Gasteiger partial charge in [0.1, 0.15) is 12.4 Å². The zero-order valence-electron chi connectivity index (χ0n) is 16.3. The minimum Gasteiger partial charge on any atom is -0.475 e. The predicted octanol–water partition coefficient (Wildman–Crippen LogP) is 3.98. The van der Waals surface area contributed by atoms with Crippen molar-refractivity contribution >= 4 is 39.1 Å². The summed E-state index contributed by atoms with van der Waals surface area (Å²) >= 11 is 1.46. The average Bonchev–Trinajstić information content (AvgIpc) is 3.26. The quantitative estimate of drug-likeness (QED) is 0.544. The van der Waals surface area contributed by atoms with E-state index in [0.717, 1.165) is 11.3 Å². The van der Waals surface area contributed by atoms with Gasteiger partial charge in [0.25, 0.3) is 6.43 Å². The number of halogens is 2. The molecule has 7 nitrogen and oxygen atoms in total. The Labute approximate surface area is 176 Å². The van der Waals surface area contributed by atoms with Crippen LogP contribution in [0.25, 0.3) is 10.9 Å². The maximum absolute atomic E-state index is 13.0. The van der Waals surface area contributed by atoms with Gasteiger partial charge < -0.3 is 19.5 Å². The third-order valence-corrected chi connectivity index (χ3v) is 5.77. The summed E-state index contributed by atoms with van der Waals surface area (Å²) in [5.41, 5.74) is 0.587. The summed E-state index contributed by atoms with van der Waals surface area (Å²) in [5, 5.41) is 4.41. The Morgan fingerprint density at radius 1 is 1.53 bits per heavy atom. The van der Waals surface area contributed by atoms with Gasteiger partial charge in [-0.1, -0.05) is 6.58 Å². The number of fused-ring (bicyclic) bond motifs is 1. The van der Waals surface area contributed by atoms with E-state index in [9.17, 15) is 13.6 Å². The molecule has 0 saturated carbocycles. The second-order valence-electron chi connectivity index (χ2n) is 6.99. The molecule has 1 saturated heterocycles. The van der Waals surface area contributed by atoms with Gasteiger partial charge in [-0.25, -0.2) is 13.8 Å². The molecule has 1 unspecified atom stereocenters. The largest absolute Gasteiger partial charge is 0.475 e. The highest BCUT2D eigenvalue weighted by molar-refractivity contribution is 7.15. The molecule has 4 heterocycles. The molecule has 3 aromatic rings. The number of carbonyl (C=O) groups is 1. The van der Waals surface area contributed by atoms with Crippen molar-refractivity contribution in [2.45, 2.75) is 32.4 Å². The molecule has 0 radical (unpaired) electrons. The highest BCUT2D eigenvalue weighted by Gasteiger charge is 2.31. The number of aryl methyl sites for hydroxylation is 1. The lowest BCUT2D eigenvalue weighted by Crippen LogP contribution is -2.53. The first-order valence-electron chi connectivity index (χ1n) is 9.48. The van der Waals surface area contributed by atoms with Gasteiger partial charge in [0, 0.05) is 29.9 Å². The molecule has 1 amide bonds. The number of carbonyl (C=O) groups excluding carboxylic acids is 1. The molecule has 1 N–H and O–H groups in total. The van der Waals surface area contributed by atoms with Gasteiger partial charge in [-0.05, 0) is 25.5 Å². The van der Waals surface area contributed by atoms with E-state index >= 15 is 0 Å². The number of anilines is 2. The van der Waals surface area contributed by atoms with Gasteiger partial charge in [-0.3, -0.25) is 4.79 Å². The number of thiazole rings is 1. The third kappa shape index (κ3) is 4.13. The van der Waals surface area contributed by atoms with Crippen molar-refractivity contribution in [1.82, 2.24) is 19.4 Å². The van der Waals surface area contributed by atoms with Gasteiger partial charge in [-0.2, -0.15) is 4.98 Å². The fraction of sp³-hybridized carbons (Fsp3) is 0.350. The van der Waals surface area contributed by atoms with Gasteiger partial charge in [0.15, 0.2) is 5.13 Å². The molecule has 10 heteroatoms. The molecule has 158 valence electrons. The van der Waals surface area contributed by atoms with Crippen molar-refractivity contribution in [3.8, 4) is 5.88 Å². The summed E-state index contributed by atoms with van der Waals surface area (Å²) in [6, 6.07) is 3.36. The standard InChI is InChI=1S/C20H21F2N5O2S/c1-3-18(28)27-7-4-13(27)11-29-19-14-5-6-26(10-16(21)22)15(14)8-17(24-19)25-20-23-9-12(2)30-20/h3,5-6,8-9,13,16H,1,4,7,10-11H2,2H3,(H,23,24,25). The number of hydrogen-bond donors (Lipinski definition) is 1. The van der Waals surface area contributed by atoms with E-state index in [1.165, 1.54) is 22.0 Å². The predicted molar refractivity (Wildman–Crippen MR) is 112 cm³/mol. The summed E-state index contributed by atoms with van der Waals surface area (Å²) in [7, 11) is 0. The lowest BCUT2D eigenvalue weighted by Gasteiger charge is -2.39. The monoisotopic (exact) mass is 433 g/mol. The van der Waals surface area contributed by atoms with Crippen LogP contribution in [0, 0.1) is 6.92 Å². The van der Waals surface area contributed by atoms with E-state index in [-0.39, 0.29) is 18.6 Å². The van der Waals surface area contributed by atoms with Gasteiger partial charge in [0.2, 0.25) is 11.8 Å². The Bertz CT molecular complexity index is 1080. The van der Waals surface area contributed by atoms with Crippen molar-refractivity contribution in [3.63, 3.8) is 0 Å². The molecule has 30 heavy (non-hydrogen) atoms. The summed E-state index contributed by atoms with van der Waals surface area (Å²) in [5.74, 6) is 0.647. The fourth-order valence-electron chi connectivity index (χ4n) is 3.36. The molecule has 0 bridgehead atoms. The number of alkyl halides is 2. The Morgan fingerprint density at radius 2 is 2.37 bits per heavy atom. The second kappa shape index (κ2) is 8.39. The highest BCUT2D eigenvalue weighted by atomic mass is 32.1. The molecule has 0 spiro atoms. The van der Waals surface area contributed by atoms with E-state index in [2.05, 4.69) is 21.9 Å². The minimum atomic E-state index is -2.48. The Balaban J connectivity index is 1.62. The first-order chi connectivity index (χ1) is 14.4. The van der Waals surface area contributed by atoms with Crippen LogP contribution in [0.4, 0.5) is 19.7 Å². The molecule has 0 aliphatic carbocycles. The lowest BCUT2D eigenvalue weighted by molar-refractivity contribution is -0.134. The van der Waals surface area contributed by atoms with Crippen molar-refractivity contribution in [3.05, 3.63) is 42.1 Å². The summed E-state index contributed by atoms with van der Waals surface area (Å²) < 4.78 is 33.4. The van der Waals surface area contributed by atoms with E-state index < -0.39 is 13.0 Å². The molecule has 0 aromatic carbocycles. The molecular formula is C20H21F2N5O2S. The van der Waals surface area contributed by atoms with Crippen LogP contribution in [0.15, 0.2) is 37.2 Å². The first-order valence-corrected chi connectivity index (χ1v) is 10.3. The van der Waals surface area contributed by atoms with Crippen molar-refractivity contribution in [2.24, 2.45) is 0 Å². The zero-order valence-corrected chi connectivity index (χ0v) is 17.2. The number of nitrogens with one attached hydrogen (secondary N) is 1. The number of nitrogens with zero attached hydrogens (tertiary/aromatic N) is 4. The second-order valence-corrected chi connectivity index (χ2v) is 8.23. The van der Waals surface area contributed by atoms with Crippen LogP contribution in [-0.4, -0.2) is 51.0 Å². The first kappa shape index (κ1) is 20.3. The van der Waals surface area contributed by atoms with Crippen LogP contribution in [0.3, 0.4) is 0 Å². The number of ether oxygens (including phenoxy) is 1. The van der Waals surface area contributed by atoms with Gasteiger partial charge >= 0.3 is 0 Å². The van der Waals surface area contributed by atoms with E-state index in [0.29, 0.717) is 34.3 Å². The van der Waals surface area contributed by atoms with Gasteiger partial charge in [-0.15, -0.1) is 11.3 Å². The van der Waals surface area contributed by atoms with Crippen LogP contribution < -0.4 is 10.1 Å². The van der Waals surface area contributed by atoms with Crippen LogP contribution in [-0.2, 0) is 11.3 Å². The normalized spacial score (nSPS) is 16.0. The van der Waals surface area contributed by atoms with Gasteiger partial charge in [0.05, 0.1) is 23.5 Å². The molecule has 3 aromatic heterocycles. The summed E-state index contributed by atoms with van der Waals surface area (Å²) in [4.78, 5) is 23.4. The van der Waals surface area contributed by atoms with E-state index in [1.807, 2.05) is 6.92 Å². The van der Waals surface area contributed by atoms with Crippen molar-refractivity contribution in [1.29, 1.82) is 0 Å². The molecular weight excluding hydrogens is 412 g/mol. The Kier molecular flexibility index (Phi) is 5.67. The number of aromatic nitrogens is 3. The van der Waals surface area contributed by atoms with Crippen molar-refractivity contribution < 1.29 is 18.3 Å². The fourth-order valence-corrected chi connectivity index (χ4v) is 4.03. The smallest absolute Gasteiger partial charge is 0.256 e. The third-order valence-electron chi connectivity index (χ3n) is 4.94. The number of amides is 1. The molecule has 1 atom stereocenters. The highest BCUT2D eigenvalue weighted by Crippen LogP contribution is 2.31. The maximum atomic E-state index is 13.0. The topological polar surface area (TPSA) is 72.3 Å². The van der Waals surface area contributed by atoms with Crippen LogP contribution in [0.2, 0.25) is 0 Å². The van der Waals surface area contributed by atoms with Crippen LogP contribution >= 0.6 is 11.3 Å². The Morgan fingerprint density at radius 3 is 3.00 bits per heavy atom. The summed E-state index contributed by atoms with van der Waals surface area (Å²) in [6.45, 7) is 5.96. The number of rotatable bonds is 8. The molecule has 1 aliphatic rings. The number of likely N-dealkylation sites (tertiary alicyclic amines) is 1. The maximum Gasteiger partial charge on any atom is 0.256 e. The SMILES string of the molecule is C=CC(=O)N1CCC1COc1nc(Nc2ncc(C)s2)cc2c1ccn2CC(F)F. The number of hydrogen-bond acceptors (Lipinski definition) is 6. The molecule has 4 rings (SSSR count). The minimum absolute atomic E-state index is 0.0614. The average molecular weight is 433 g/mol. The molecule has 1 aliphatic heterocycles. The lowest BCUT2D eigenvalue weighted by atomic mass is 10.0. The number of pyridine rings is 1. The van der Waals surface area contributed by atoms with Crippen LogP contribution in [0.1, 0.15) is 11.3 Å².